The topological polar surface area (TPSA) is 50.5 Å². The van der Waals surface area contributed by atoms with Crippen molar-refractivity contribution in [2.75, 3.05) is 6.54 Å². The predicted octanol–water partition coefficient (Wildman–Crippen LogP) is 2.61. The molecule has 2 aromatic rings. The van der Waals surface area contributed by atoms with Gasteiger partial charge in [0.2, 0.25) is 5.91 Å². The molecule has 3 heterocycles. The lowest BCUT2D eigenvalue weighted by Crippen LogP contribution is -2.36. The lowest BCUT2D eigenvalue weighted by molar-refractivity contribution is -0.129. The van der Waals surface area contributed by atoms with Crippen molar-refractivity contribution in [3.8, 4) is 0 Å². The third-order valence-corrected chi connectivity index (χ3v) is 4.51. The average molecular weight is 281 g/mol. The second-order valence-corrected chi connectivity index (χ2v) is 5.62. The first-order valence-corrected chi connectivity index (χ1v) is 7.20. The molecule has 0 N–H and O–H groups in total. The Labute approximate surface area is 122 Å². The SMILES string of the molecule is O=C(c1ccccc1)[C@@H]1CC(=O)N2CCc3occc3[C@@H]12. The van der Waals surface area contributed by atoms with Gasteiger partial charge in [-0.2, -0.15) is 0 Å². The van der Waals surface area contributed by atoms with Gasteiger partial charge >= 0.3 is 0 Å². The van der Waals surface area contributed by atoms with Crippen molar-refractivity contribution in [3.05, 3.63) is 59.5 Å². The molecule has 4 heteroatoms. The van der Waals surface area contributed by atoms with Gasteiger partial charge in [-0.25, -0.2) is 0 Å². The number of carbonyl (C=O) groups excluding carboxylic acids is 2. The van der Waals surface area contributed by atoms with Gasteiger partial charge in [-0.1, -0.05) is 30.3 Å². The summed E-state index contributed by atoms with van der Waals surface area (Å²) in [5.41, 5.74) is 1.68. The largest absolute Gasteiger partial charge is 0.469 e. The molecular weight excluding hydrogens is 266 g/mol. The van der Waals surface area contributed by atoms with E-state index in [1.807, 2.05) is 41.3 Å². The fraction of sp³-hybridized carbons (Fsp3) is 0.294. The van der Waals surface area contributed by atoms with E-state index in [-0.39, 0.29) is 23.7 Å². The van der Waals surface area contributed by atoms with Gasteiger partial charge in [-0.15, -0.1) is 0 Å². The first-order valence-electron chi connectivity index (χ1n) is 7.20. The minimum atomic E-state index is -0.309. The minimum Gasteiger partial charge on any atom is -0.469 e. The Morgan fingerprint density at radius 1 is 1.19 bits per heavy atom. The second-order valence-electron chi connectivity index (χ2n) is 5.62. The maximum Gasteiger partial charge on any atom is 0.223 e. The number of hydrogen-bond acceptors (Lipinski definition) is 3. The molecular formula is C17H15NO3. The number of ketones is 1. The van der Waals surface area contributed by atoms with Crippen LogP contribution in [0.1, 0.15) is 34.1 Å². The normalized spacial score (nSPS) is 23.8. The van der Waals surface area contributed by atoms with E-state index in [4.69, 9.17) is 4.42 Å². The van der Waals surface area contributed by atoms with Crippen molar-refractivity contribution >= 4 is 11.7 Å². The van der Waals surface area contributed by atoms with Crippen molar-refractivity contribution in [2.24, 2.45) is 5.92 Å². The van der Waals surface area contributed by atoms with Crippen LogP contribution in [0.2, 0.25) is 0 Å². The number of fused-ring (bicyclic) bond motifs is 3. The van der Waals surface area contributed by atoms with E-state index in [0.29, 0.717) is 18.5 Å². The molecule has 0 saturated carbocycles. The number of furan rings is 1. The van der Waals surface area contributed by atoms with Gasteiger partial charge in [0, 0.05) is 30.5 Å². The number of nitrogens with zero attached hydrogens (tertiary/aromatic N) is 1. The first kappa shape index (κ1) is 12.4. The molecule has 21 heavy (non-hydrogen) atoms. The van der Waals surface area contributed by atoms with E-state index in [2.05, 4.69) is 0 Å². The van der Waals surface area contributed by atoms with Gasteiger partial charge in [-0.3, -0.25) is 9.59 Å². The molecule has 106 valence electrons. The summed E-state index contributed by atoms with van der Waals surface area (Å²) in [4.78, 5) is 26.8. The van der Waals surface area contributed by atoms with Crippen LogP contribution in [0.25, 0.3) is 0 Å². The summed E-state index contributed by atoms with van der Waals surface area (Å²) in [6.07, 6.45) is 2.68. The van der Waals surface area contributed by atoms with Crippen LogP contribution in [-0.4, -0.2) is 23.1 Å². The monoisotopic (exact) mass is 281 g/mol. The number of amides is 1. The minimum absolute atomic E-state index is 0.0468. The molecule has 1 aromatic carbocycles. The first-order chi connectivity index (χ1) is 10.3. The average Bonchev–Trinajstić information content (AvgIpc) is 3.11. The Hall–Kier alpha value is -2.36. The molecule has 2 aliphatic rings. The van der Waals surface area contributed by atoms with Crippen LogP contribution >= 0.6 is 0 Å². The van der Waals surface area contributed by atoms with Crippen LogP contribution in [0, 0.1) is 5.92 Å². The molecule has 1 fully saturated rings. The van der Waals surface area contributed by atoms with Crippen LogP contribution in [0.4, 0.5) is 0 Å². The van der Waals surface area contributed by atoms with Gasteiger partial charge in [0.05, 0.1) is 18.2 Å². The van der Waals surface area contributed by atoms with Crippen molar-refractivity contribution < 1.29 is 14.0 Å². The maximum absolute atomic E-state index is 12.8. The lowest BCUT2D eigenvalue weighted by Gasteiger charge is -2.31. The summed E-state index contributed by atoms with van der Waals surface area (Å²) < 4.78 is 5.48. The highest BCUT2D eigenvalue weighted by Gasteiger charge is 2.47. The number of carbonyl (C=O) groups is 2. The summed E-state index contributed by atoms with van der Waals surface area (Å²) in [5, 5.41) is 0. The molecule has 2 atom stereocenters. The number of Topliss-reactive ketones (excluding diaryl/α,β-unsaturated/α-hetero) is 1. The van der Waals surface area contributed by atoms with E-state index in [0.717, 1.165) is 17.7 Å². The zero-order chi connectivity index (χ0) is 14.4. The van der Waals surface area contributed by atoms with E-state index < -0.39 is 0 Å². The van der Waals surface area contributed by atoms with Crippen molar-refractivity contribution in [2.45, 2.75) is 18.9 Å². The molecule has 1 aromatic heterocycles. The Morgan fingerprint density at radius 2 is 2.00 bits per heavy atom. The number of benzene rings is 1. The fourth-order valence-electron chi connectivity index (χ4n) is 3.53. The van der Waals surface area contributed by atoms with E-state index in [1.165, 1.54) is 0 Å². The third kappa shape index (κ3) is 1.82. The Morgan fingerprint density at radius 3 is 2.81 bits per heavy atom. The van der Waals surface area contributed by atoms with Crippen LogP contribution in [-0.2, 0) is 11.2 Å². The molecule has 0 radical (unpaired) electrons. The van der Waals surface area contributed by atoms with Gasteiger partial charge in [0.25, 0.3) is 0 Å². The van der Waals surface area contributed by atoms with Crippen LogP contribution < -0.4 is 0 Å². The summed E-state index contributed by atoms with van der Waals surface area (Å²) in [6, 6.07) is 11.0. The molecule has 0 bridgehead atoms. The van der Waals surface area contributed by atoms with E-state index >= 15 is 0 Å². The van der Waals surface area contributed by atoms with Crippen molar-refractivity contribution in [1.29, 1.82) is 0 Å². The second kappa shape index (κ2) is 4.58. The molecule has 0 spiro atoms. The van der Waals surface area contributed by atoms with Gasteiger partial charge in [-0.05, 0) is 6.07 Å². The zero-order valence-corrected chi connectivity index (χ0v) is 11.5. The van der Waals surface area contributed by atoms with E-state index in [9.17, 15) is 9.59 Å². The summed E-state index contributed by atoms with van der Waals surface area (Å²) >= 11 is 0. The van der Waals surface area contributed by atoms with Gasteiger partial charge < -0.3 is 9.32 Å². The molecule has 4 rings (SSSR count). The standard InChI is InChI=1S/C17H15NO3/c19-15-10-13(17(20)11-4-2-1-3-5-11)16-12-7-9-21-14(12)6-8-18(15)16/h1-5,7,9,13,16H,6,8,10H2/t13-,16+/m1/s1. The van der Waals surface area contributed by atoms with Gasteiger partial charge in [0.15, 0.2) is 5.78 Å². The molecule has 4 nitrogen and oxygen atoms in total. The van der Waals surface area contributed by atoms with E-state index in [1.54, 1.807) is 6.26 Å². The quantitative estimate of drug-likeness (QED) is 0.795. The maximum atomic E-state index is 12.8. The van der Waals surface area contributed by atoms with Crippen molar-refractivity contribution in [1.82, 2.24) is 4.90 Å². The zero-order valence-electron chi connectivity index (χ0n) is 11.5. The number of rotatable bonds is 2. The summed E-state index contributed by atoms with van der Waals surface area (Å²) in [6.45, 7) is 0.641. The fourth-order valence-corrected chi connectivity index (χ4v) is 3.53. The molecule has 0 unspecified atom stereocenters. The van der Waals surface area contributed by atoms with Gasteiger partial charge in [0.1, 0.15) is 5.76 Å². The highest BCUT2D eigenvalue weighted by atomic mass is 16.3. The van der Waals surface area contributed by atoms with Crippen LogP contribution in [0.3, 0.4) is 0 Å². The summed E-state index contributed by atoms with van der Waals surface area (Å²) in [5.74, 6) is 0.722. The Bertz CT molecular complexity index is 704. The molecule has 0 aliphatic carbocycles. The Balaban J connectivity index is 1.74. The van der Waals surface area contributed by atoms with Crippen LogP contribution in [0.15, 0.2) is 47.1 Å². The molecule has 2 aliphatic heterocycles. The molecule has 1 amide bonds. The molecule has 1 saturated heterocycles. The predicted molar refractivity (Wildman–Crippen MR) is 75.7 cm³/mol. The highest BCUT2D eigenvalue weighted by molar-refractivity contribution is 6.02. The highest BCUT2D eigenvalue weighted by Crippen LogP contribution is 2.44. The number of hydrogen-bond donors (Lipinski definition) is 0. The van der Waals surface area contributed by atoms with Crippen LogP contribution in [0.5, 0.6) is 0 Å². The lowest BCUT2D eigenvalue weighted by atomic mass is 9.85. The smallest absolute Gasteiger partial charge is 0.223 e. The van der Waals surface area contributed by atoms with Crippen molar-refractivity contribution in [3.63, 3.8) is 0 Å². The summed E-state index contributed by atoms with van der Waals surface area (Å²) in [7, 11) is 0. The Kier molecular flexibility index (Phi) is 2.70. The third-order valence-electron chi connectivity index (χ3n) is 4.51.